The van der Waals surface area contributed by atoms with Gasteiger partial charge < -0.3 is 15.3 Å². The maximum atomic E-state index is 7.67. The molecule has 0 amide bonds. The number of nitrogens with zero attached hydrogens (tertiary/aromatic N) is 3. The van der Waals surface area contributed by atoms with Crippen LogP contribution in [-0.4, -0.2) is 47.4 Å². The van der Waals surface area contributed by atoms with Gasteiger partial charge in [0.2, 0.25) is 0 Å². The molecule has 2 aromatic rings. The van der Waals surface area contributed by atoms with E-state index in [2.05, 4.69) is 27.3 Å². The summed E-state index contributed by atoms with van der Waals surface area (Å²) in [7, 11) is 0. The number of rotatable bonds is 2. The molecule has 5 nitrogen and oxygen atoms in total. The number of hydrogen-bond donors (Lipinski definition) is 1. The van der Waals surface area contributed by atoms with Gasteiger partial charge in [0.25, 0.3) is 0 Å². The predicted octanol–water partition coefficient (Wildman–Crippen LogP) is 2.95. The molecule has 0 spiro atoms. The smallest absolute Gasteiger partial charge is 0.185 e. The molecular formula is C15H22Cl2N4OS. The summed E-state index contributed by atoms with van der Waals surface area (Å²) in [6.07, 6.45) is 0. The van der Waals surface area contributed by atoms with Crippen molar-refractivity contribution >= 4 is 47.1 Å². The maximum Gasteiger partial charge on any atom is 0.185 e. The number of piperazine rings is 1. The Morgan fingerprint density at radius 2 is 1.70 bits per heavy atom. The van der Waals surface area contributed by atoms with Crippen LogP contribution < -0.4 is 4.90 Å². The van der Waals surface area contributed by atoms with Crippen molar-refractivity contribution in [2.24, 2.45) is 0 Å². The van der Waals surface area contributed by atoms with Crippen molar-refractivity contribution in [3.63, 3.8) is 0 Å². The number of nitrogens with one attached hydrogen (secondary N) is 1. The molecule has 0 bridgehead atoms. The number of halogens is 2. The van der Waals surface area contributed by atoms with E-state index in [1.807, 2.05) is 25.1 Å². The van der Waals surface area contributed by atoms with Crippen molar-refractivity contribution in [3.05, 3.63) is 35.7 Å². The zero-order chi connectivity index (χ0) is 13.9. The first-order valence-electron chi connectivity index (χ1n) is 6.80. The van der Waals surface area contributed by atoms with E-state index in [0.717, 1.165) is 37.0 Å². The third-order valence-electron chi connectivity index (χ3n) is 3.59. The van der Waals surface area contributed by atoms with E-state index in [1.54, 1.807) is 11.3 Å². The molecule has 2 heterocycles. The highest BCUT2D eigenvalue weighted by molar-refractivity contribution is 7.14. The van der Waals surface area contributed by atoms with Crippen LogP contribution in [0.25, 0.3) is 11.3 Å². The Bertz CT molecular complexity index is 601. The molecule has 128 valence electrons. The third kappa shape index (κ3) is 5.07. The van der Waals surface area contributed by atoms with Gasteiger partial charge >= 0.3 is 0 Å². The van der Waals surface area contributed by atoms with E-state index in [-0.39, 0.29) is 30.3 Å². The lowest BCUT2D eigenvalue weighted by Gasteiger charge is -2.35. The summed E-state index contributed by atoms with van der Waals surface area (Å²) < 4.78 is 0. The molecule has 1 aliphatic heterocycles. The predicted molar refractivity (Wildman–Crippen MR) is 103 cm³/mol. The van der Waals surface area contributed by atoms with E-state index in [4.69, 9.17) is 10.4 Å². The van der Waals surface area contributed by atoms with Crippen LogP contribution in [0.3, 0.4) is 0 Å². The summed E-state index contributed by atoms with van der Waals surface area (Å²) in [5.41, 5.74) is 2.22. The number of aromatic nitrogens is 1. The largest absolute Gasteiger partial charge is 0.412 e. The molecule has 8 heteroatoms. The van der Waals surface area contributed by atoms with Crippen LogP contribution in [0.5, 0.6) is 0 Å². The van der Waals surface area contributed by atoms with Crippen molar-refractivity contribution in [1.29, 1.82) is 5.41 Å². The topological polar surface area (TPSA) is 74.7 Å². The average molecular weight is 377 g/mol. The van der Waals surface area contributed by atoms with Gasteiger partial charge in [-0.3, -0.25) is 5.41 Å². The van der Waals surface area contributed by atoms with Crippen molar-refractivity contribution in [1.82, 2.24) is 9.88 Å². The first-order chi connectivity index (χ1) is 9.74. The Balaban J connectivity index is 0.00000161. The molecule has 1 fully saturated rings. The maximum absolute atomic E-state index is 7.67. The first kappa shape index (κ1) is 21.7. The summed E-state index contributed by atoms with van der Waals surface area (Å²) in [6.45, 7) is 5.56. The van der Waals surface area contributed by atoms with Gasteiger partial charge in [0, 0.05) is 37.1 Å². The molecule has 3 N–H and O–H groups in total. The van der Waals surface area contributed by atoms with Crippen molar-refractivity contribution in [2.75, 3.05) is 31.1 Å². The van der Waals surface area contributed by atoms with Gasteiger partial charge in [-0.1, -0.05) is 30.3 Å². The fraction of sp³-hybridized carbons (Fsp3) is 0.333. The Labute approximate surface area is 153 Å². The summed E-state index contributed by atoms with van der Waals surface area (Å²) in [5.74, 6) is 0.661. The zero-order valence-electron chi connectivity index (χ0n) is 12.9. The molecule has 1 aromatic carbocycles. The highest BCUT2D eigenvalue weighted by Crippen LogP contribution is 2.27. The Morgan fingerprint density at radius 3 is 2.26 bits per heavy atom. The number of amidine groups is 1. The summed E-state index contributed by atoms with van der Waals surface area (Å²) >= 11 is 1.70. The van der Waals surface area contributed by atoms with Gasteiger partial charge in [-0.15, -0.1) is 36.2 Å². The number of thiazole rings is 1. The molecule has 23 heavy (non-hydrogen) atoms. The molecular weight excluding hydrogens is 355 g/mol. The normalized spacial score (nSPS) is 13.4. The monoisotopic (exact) mass is 376 g/mol. The Morgan fingerprint density at radius 1 is 1.09 bits per heavy atom. The lowest BCUT2D eigenvalue weighted by molar-refractivity contribution is 0.381. The van der Waals surface area contributed by atoms with Gasteiger partial charge in [0.05, 0.1) is 11.5 Å². The van der Waals surface area contributed by atoms with Crippen molar-refractivity contribution in [3.8, 4) is 11.3 Å². The summed E-state index contributed by atoms with van der Waals surface area (Å²) in [5, 5.41) is 10.9. The van der Waals surface area contributed by atoms with Crippen LogP contribution in [-0.2, 0) is 0 Å². The van der Waals surface area contributed by atoms with E-state index in [9.17, 15) is 0 Å². The SMILES string of the molecule is CC(=N)N1CCN(c2nc(-c3ccccc3)cs2)CC1.Cl.Cl.O. The number of anilines is 1. The van der Waals surface area contributed by atoms with E-state index >= 15 is 0 Å². The lowest BCUT2D eigenvalue weighted by atomic mass is 10.2. The average Bonchev–Trinajstić information content (AvgIpc) is 2.98. The minimum atomic E-state index is 0. The van der Waals surface area contributed by atoms with Gasteiger partial charge in [0.15, 0.2) is 5.13 Å². The van der Waals surface area contributed by atoms with Crippen LogP contribution in [0.2, 0.25) is 0 Å². The second kappa shape index (κ2) is 9.72. The molecule has 0 unspecified atom stereocenters. The molecule has 1 aliphatic rings. The summed E-state index contributed by atoms with van der Waals surface area (Å²) in [4.78, 5) is 9.18. The van der Waals surface area contributed by atoms with E-state index < -0.39 is 0 Å². The van der Waals surface area contributed by atoms with Crippen molar-refractivity contribution in [2.45, 2.75) is 6.92 Å². The minimum absolute atomic E-state index is 0. The summed E-state index contributed by atoms with van der Waals surface area (Å²) in [6, 6.07) is 10.3. The van der Waals surface area contributed by atoms with Gasteiger partial charge in [-0.2, -0.15) is 0 Å². The van der Waals surface area contributed by atoms with Crippen LogP contribution in [0, 0.1) is 5.41 Å². The Hall–Kier alpha value is -1.34. The van der Waals surface area contributed by atoms with Crippen LogP contribution in [0.1, 0.15) is 6.92 Å². The molecule has 0 radical (unpaired) electrons. The van der Waals surface area contributed by atoms with E-state index in [0.29, 0.717) is 5.84 Å². The van der Waals surface area contributed by atoms with Crippen molar-refractivity contribution < 1.29 is 5.48 Å². The molecule has 1 saturated heterocycles. The molecule has 1 aromatic heterocycles. The third-order valence-corrected chi connectivity index (χ3v) is 4.49. The van der Waals surface area contributed by atoms with Gasteiger partial charge in [-0.05, 0) is 6.92 Å². The number of hydrogen-bond acceptors (Lipinski definition) is 4. The van der Waals surface area contributed by atoms with Gasteiger partial charge in [-0.25, -0.2) is 4.98 Å². The highest BCUT2D eigenvalue weighted by atomic mass is 35.5. The molecule has 0 atom stereocenters. The fourth-order valence-corrected chi connectivity index (χ4v) is 3.27. The lowest BCUT2D eigenvalue weighted by Crippen LogP contribution is -2.47. The molecule has 0 aliphatic carbocycles. The Kier molecular flexibility index (Phi) is 9.16. The second-order valence-corrected chi connectivity index (χ2v) is 5.78. The molecule has 3 rings (SSSR count). The standard InChI is InChI=1S/C15H18N4S.2ClH.H2O/c1-12(16)18-7-9-19(10-8-18)15-17-14(11-20-15)13-5-3-2-4-6-13;;;/h2-6,11,16H,7-10H2,1H3;2*1H;1H2. The first-order valence-corrected chi connectivity index (χ1v) is 7.68. The van der Waals surface area contributed by atoms with Crippen LogP contribution in [0.4, 0.5) is 5.13 Å². The fourth-order valence-electron chi connectivity index (χ4n) is 2.38. The highest BCUT2D eigenvalue weighted by Gasteiger charge is 2.19. The second-order valence-electron chi connectivity index (χ2n) is 4.94. The number of benzene rings is 1. The van der Waals surface area contributed by atoms with E-state index in [1.165, 1.54) is 5.56 Å². The minimum Gasteiger partial charge on any atom is -0.412 e. The molecule has 0 saturated carbocycles. The quantitative estimate of drug-likeness (QED) is 0.646. The van der Waals surface area contributed by atoms with Gasteiger partial charge in [0.1, 0.15) is 0 Å². The van der Waals surface area contributed by atoms with Crippen LogP contribution in [0.15, 0.2) is 35.7 Å². The zero-order valence-corrected chi connectivity index (χ0v) is 15.3. The van der Waals surface area contributed by atoms with Crippen LogP contribution >= 0.6 is 36.2 Å².